The molecule has 2 aliphatic rings. The molecule has 11 heteroatoms. The van der Waals surface area contributed by atoms with Crippen molar-refractivity contribution in [3.05, 3.63) is 155 Å². The largest absolute Gasteiger partial charge is 0.394 e. The lowest BCUT2D eigenvalue weighted by molar-refractivity contribution is -0.209. The summed E-state index contributed by atoms with van der Waals surface area (Å²) in [6.07, 6.45) is -2.67. The van der Waals surface area contributed by atoms with Crippen molar-refractivity contribution in [2.45, 2.75) is 62.6 Å². The summed E-state index contributed by atoms with van der Waals surface area (Å²) < 4.78 is 35.5. The van der Waals surface area contributed by atoms with Crippen LogP contribution in [0.25, 0.3) is 0 Å². The molecule has 0 amide bonds. The number of rotatable bonds is 11. The van der Waals surface area contributed by atoms with Crippen molar-refractivity contribution < 1.29 is 28.2 Å². The quantitative estimate of drug-likeness (QED) is 0.151. The zero-order valence-electron chi connectivity index (χ0n) is 29.5. The van der Waals surface area contributed by atoms with Gasteiger partial charge >= 0.3 is 5.69 Å². The summed E-state index contributed by atoms with van der Waals surface area (Å²) in [6.45, 7) is 6.37. The van der Waals surface area contributed by atoms with Gasteiger partial charge in [-0.15, -0.1) is 0 Å². The highest BCUT2D eigenvalue weighted by Crippen LogP contribution is 2.48. The Kier molecular flexibility index (Phi) is 10.1. The van der Waals surface area contributed by atoms with Crippen LogP contribution < -0.4 is 21.8 Å². The molecule has 2 aliphatic heterocycles. The van der Waals surface area contributed by atoms with Crippen LogP contribution in [0, 0.1) is 0 Å². The molecule has 1 unspecified atom stereocenters. The fraction of sp³-hybridized carbons (Fsp3) is 0.293. The Morgan fingerprint density at radius 2 is 1.48 bits per heavy atom. The van der Waals surface area contributed by atoms with Crippen LogP contribution >= 0.6 is 0 Å². The second kappa shape index (κ2) is 14.7. The molecule has 268 valence electrons. The number of fused-ring (bicyclic) bond motifs is 2. The van der Waals surface area contributed by atoms with E-state index in [-0.39, 0.29) is 31.6 Å². The van der Waals surface area contributed by atoms with Crippen molar-refractivity contribution in [1.82, 2.24) is 9.55 Å². The van der Waals surface area contributed by atoms with E-state index in [0.29, 0.717) is 5.56 Å². The van der Waals surface area contributed by atoms with Gasteiger partial charge in [-0.25, -0.2) is 4.79 Å². The molecule has 4 aromatic carbocycles. The predicted molar refractivity (Wildman–Crippen MR) is 200 cm³/mol. The van der Waals surface area contributed by atoms with E-state index in [9.17, 15) is 4.79 Å². The molecule has 0 saturated carbocycles. The second-order valence-electron chi connectivity index (χ2n) is 14.2. The average molecular weight is 718 g/mol. The minimum atomic E-state index is -3.44. The fourth-order valence-electron chi connectivity index (χ4n) is 7.51. The maximum atomic E-state index is 15.3. The van der Waals surface area contributed by atoms with Gasteiger partial charge in [-0.3, -0.25) is 9.36 Å². The Hall–Kier alpha value is -4.75. The Labute approximate surface area is 304 Å². The average Bonchev–Trinajstić information content (AvgIpc) is 3.33. The number of benzene rings is 4. The molecule has 2 saturated heterocycles. The lowest BCUT2D eigenvalue weighted by atomic mass is 9.85. The predicted octanol–water partition coefficient (Wildman–Crippen LogP) is 4.88. The minimum absolute atomic E-state index is 0.0717. The van der Waals surface area contributed by atoms with Gasteiger partial charge in [-0.1, -0.05) is 142 Å². The smallest absolute Gasteiger partial charge is 0.351 e. The molecule has 2 bridgehead atoms. The number of ether oxygens (including phenoxy) is 4. The van der Waals surface area contributed by atoms with E-state index in [0.717, 1.165) is 15.9 Å². The molecule has 0 spiro atoms. The van der Waals surface area contributed by atoms with Crippen LogP contribution in [0.1, 0.15) is 42.9 Å². The summed E-state index contributed by atoms with van der Waals surface area (Å²) in [5.41, 5.74) is 5.00. The first-order valence-corrected chi connectivity index (χ1v) is 19.3. The number of Topliss-reactive ketones (excluding diaryl/α,β-unsaturated/α-hetero) is 1. The fourth-order valence-corrected chi connectivity index (χ4v) is 12.2. The molecular weight excluding hydrogens is 675 g/mol. The van der Waals surface area contributed by atoms with Gasteiger partial charge < -0.3 is 29.1 Å². The third-order valence-corrected chi connectivity index (χ3v) is 14.9. The summed E-state index contributed by atoms with van der Waals surface area (Å²) in [7, 11) is -3.44. The Morgan fingerprint density at radius 1 is 0.904 bits per heavy atom. The molecule has 2 N–H and O–H groups in total. The number of carbonyl (C=O) groups excluding carboxylic acids is 1. The maximum Gasteiger partial charge on any atom is 0.351 e. The van der Waals surface area contributed by atoms with E-state index in [1.54, 1.807) is 12.1 Å². The minimum Gasteiger partial charge on any atom is -0.394 e. The first-order valence-electron chi connectivity index (χ1n) is 17.4. The number of aromatic nitrogens is 2. The summed E-state index contributed by atoms with van der Waals surface area (Å²) in [6, 6.07) is 40.5. The number of hydrogen-bond acceptors (Lipinski definition) is 9. The molecular formula is C41H43N3O7Si. The Morgan fingerprint density at radius 3 is 2.06 bits per heavy atom. The summed E-state index contributed by atoms with van der Waals surface area (Å²) in [5, 5.41) is 1.46. The zero-order valence-corrected chi connectivity index (χ0v) is 30.5. The number of hydrogen-bond donors (Lipinski definition) is 1. The van der Waals surface area contributed by atoms with Crippen LogP contribution in [0.15, 0.2) is 138 Å². The van der Waals surface area contributed by atoms with Crippen LogP contribution in [-0.4, -0.2) is 61.0 Å². The van der Waals surface area contributed by atoms with E-state index in [2.05, 4.69) is 50.0 Å². The van der Waals surface area contributed by atoms with Crippen molar-refractivity contribution in [3.8, 4) is 0 Å². The van der Waals surface area contributed by atoms with Crippen LogP contribution in [-0.2, 0) is 30.0 Å². The van der Waals surface area contributed by atoms with E-state index in [1.165, 1.54) is 16.8 Å². The van der Waals surface area contributed by atoms with Gasteiger partial charge in [-0.2, -0.15) is 4.98 Å². The van der Waals surface area contributed by atoms with Gasteiger partial charge in [0, 0.05) is 11.8 Å². The number of carbonyl (C=O) groups is 1. The van der Waals surface area contributed by atoms with Gasteiger partial charge in [0.15, 0.2) is 17.6 Å². The van der Waals surface area contributed by atoms with Crippen molar-refractivity contribution >= 4 is 30.3 Å². The normalized spacial score (nSPS) is 22.4. The highest BCUT2D eigenvalue weighted by Gasteiger charge is 2.67. The topological polar surface area (TPSA) is 124 Å². The lowest BCUT2D eigenvalue weighted by Crippen LogP contribution is -2.72. The molecule has 7 rings (SSSR count). The number of nitrogens with zero attached hydrogens (tertiary/aromatic N) is 2. The van der Waals surface area contributed by atoms with E-state index in [1.807, 2.05) is 84.9 Å². The molecule has 10 nitrogen and oxygen atoms in total. The summed E-state index contributed by atoms with van der Waals surface area (Å²) in [4.78, 5) is 32.8. The van der Waals surface area contributed by atoms with Crippen LogP contribution in [0.3, 0.4) is 0 Å². The number of anilines is 1. The van der Waals surface area contributed by atoms with Crippen LogP contribution in [0.5, 0.6) is 0 Å². The maximum absolute atomic E-state index is 15.3. The molecule has 5 atom stereocenters. The second-order valence-corrected chi connectivity index (χ2v) is 18.5. The third-order valence-electron chi connectivity index (χ3n) is 9.92. The monoisotopic (exact) mass is 717 g/mol. The molecule has 2 fully saturated rings. The summed E-state index contributed by atoms with van der Waals surface area (Å²) in [5.74, 6) is -0.239. The van der Waals surface area contributed by atoms with Crippen molar-refractivity contribution in [3.63, 3.8) is 0 Å². The van der Waals surface area contributed by atoms with Crippen molar-refractivity contribution in [2.75, 3.05) is 19.1 Å². The molecule has 0 aliphatic carbocycles. The van der Waals surface area contributed by atoms with Crippen molar-refractivity contribution in [1.29, 1.82) is 0 Å². The first-order chi connectivity index (χ1) is 25.1. The van der Waals surface area contributed by atoms with Gasteiger partial charge in [0.1, 0.15) is 30.9 Å². The molecule has 5 aromatic rings. The number of nitrogens with two attached hydrogens (primary N) is 1. The standard InChI is InChI=1S/C41H43N3O7Si/c1-40(2,3)52(31-20-12-6-13-21-31,32-22-14-7-15-23-32)51-36(34(45)30-18-10-5-11-19-30)41-27-47-28-49-35(37(41)48-26-29-16-8-4-9-17-29)38(50-41)44-25-24-33(42)43-39(44)46/h4-25,35-38H,26-28H2,1-3H3,(H2,42,43,46)/t35-,36?,37+,38-,41-/m1/s1. The first kappa shape index (κ1) is 35.6. The highest BCUT2D eigenvalue weighted by atomic mass is 28.4. The summed E-state index contributed by atoms with van der Waals surface area (Å²) >= 11 is 0. The van der Waals surface area contributed by atoms with Gasteiger partial charge in [0.25, 0.3) is 8.32 Å². The van der Waals surface area contributed by atoms with E-state index >= 15 is 4.79 Å². The zero-order chi connectivity index (χ0) is 36.3. The molecule has 52 heavy (non-hydrogen) atoms. The van der Waals surface area contributed by atoms with Gasteiger partial charge in [-0.05, 0) is 27.0 Å². The van der Waals surface area contributed by atoms with Gasteiger partial charge in [0.2, 0.25) is 0 Å². The molecule has 0 radical (unpaired) electrons. The van der Waals surface area contributed by atoms with Gasteiger partial charge in [0.05, 0.1) is 13.2 Å². The van der Waals surface area contributed by atoms with Crippen molar-refractivity contribution in [2.24, 2.45) is 0 Å². The molecule has 3 heterocycles. The number of nitrogen functional groups attached to an aromatic ring is 1. The van der Waals surface area contributed by atoms with E-state index in [4.69, 9.17) is 29.1 Å². The Balaban J connectivity index is 1.47. The Bertz CT molecular complexity index is 1990. The molecule has 1 aromatic heterocycles. The SMILES string of the molecule is CC(C)(C)[Si](OC(C(=O)c1ccccc1)[C@@]12COCO[C@@H]([C@H](n3ccc(N)nc3=O)O1)[C@@H]2OCc1ccccc1)(c1ccccc1)c1ccccc1. The highest BCUT2D eigenvalue weighted by molar-refractivity contribution is 6.99. The van der Waals surface area contributed by atoms with Crippen LogP contribution in [0.4, 0.5) is 5.82 Å². The third kappa shape index (κ3) is 6.56. The number of ketones is 1. The lowest BCUT2D eigenvalue weighted by Gasteiger charge is -2.48. The van der Waals surface area contributed by atoms with Crippen LogP contribution in [0.2, 0.25) is 5.04 Å². The van der Waals surface area contributed by atoms with E-state index < -0.39 is 49.2 Å².